The molecule has 0 radical (unpaired) electrons. The van der Waals surface area contributed by atoms with Gasteiger partial charge in [0.2, 0.25) is 5.91 Å². The molecule has 0 saturated heterocycles. The Balaban J connectivity index is 2.20. The lowest BCUT2D eigenvalue weighted by Gasteiger charge is -2.29. The molecule has 2 aromatic rings. The lowest BCUT2D eigenvalue weighted by molar-refractivity contribution is -0.142. The Labute approximate surface area is 188 Å². The van der Waals surface area contributed by atoms with Crippen LogP contribution in [0.1, 0.15) is 37.5 Å². The minimum absolute atomic E-state index is 0.0391. The molecule has 2 rings (SSSR count). The zero-order chi connectivity index (χ0) is 22.4. The molecule has 0 heterocycles. The molecule has 0 fully saturated rings. The van der Waals surface area contributed by atoms with E-state index in [1.54, 1.807) is 25.1 Å². The molecule has 2 aromatic carbocycles. The summed E-state index contributed by atoms with van der Waals surface area (Å²) in [5.41, 5.74) is 2.92. The molecule has 0 aliphatic carbocycles. The summed E-state index contributed by atoms with van der Waals surface area (Å²) in [6.07, 6.45) is 0. The van der Waals surface area contributed by atoms with Gasteiger partial charge in [0, 0.05) is 22.6 Å². The van der Waals surface area contributed by atoms with Gasteiger partial charge in [-0.25, -0.2) is 0 Å². The van der Waals surface area contributed by atoms with Crippen LogP contribution in [0.3, 0.4) is 0 Å². The van der Waals surface area contributed by atoms with E-state index < -0.39 is 6.04 Å². The number of carbonyl (C=O) groups excluding carboxylic acids is 2. The summed E-state index contributed by atoms with van der Waals surface area (Å²) >= 11 is 12.3. The summed E-state index contributed by atoms with van der Waals surface area (Å²) in [7, 11) is 0. The normalized spacial score (nSPS) is 11.9. The van der Waals surface area contributed by atoms with Crippen molar-refractivity contribution in [1.82, 2.24) is 10.2 Å². The monoisotopic (exact) mass is 450 g/mol. The van der Waals surface area contributed by atoms with Crippen molar-refractivity contribution >= 4 is 35.0 Å². The Morgan fingerprint density at radius 1 is 1.03 bits per heavy atom. The molecule has 0 aliphatic rings. The number of nitrogens with one attached hydrogen (secondary N) is 1. The summed E-state index contributed by atoms with van der Waals surface area (Å²) in [5.74, 6) is 0.0514. The van der Waals surface area contributed by atoms with Crippen LogP contribution in [0, 0.1) is 13.8 Å². The fourth-order valence-corrected chi connectivity index (χ4v) is 3.32. The molecule has 0 aromatic heterocycles. The number of aryl methyl sites for hydroxylation is 2. The van der Waals surface area contributed by atoms with Crippen LogP contribution in [0.4, 0.5) is 0 Å². The first kappa shape index (κ1) is 24.0. The maximum Gasteiger partial charge on any atom is 0.261 e. The van der Waals surface area contributed by atoms with E-state index in [-0.39, 0.29) is 31.0 Å². The Hall–Kier alpha value is -2.24. The topological polar surface area (TPSA) is 58.6 Å². The van der Waals surface area contributed by atoms with Crippen LogP contribution >= 0.6 is 23.2 Å². The van der Waals surface area contributed by atoms with E-state index >= 15 is 0 Å². The standard InChI is InChI=1S/C23H28Cl2N2O3/c1-14(2)26-23(29)17(5)27(12-18-7-8-19(24)11-21(18)25)22(28)13-30-20-9-6-15(3)16(4)10-20/h6-11,14,17H,12-13H2,1-5H3,(H,26,29)/t17-/m1/s1. The van der Waals surface area contributed by atoms with Gasteiger partial charge in [-0.2, -0.15) is 0 Å². The first-order valence-electron chi connectivity index (χ1n) is 9.82. The highest BCUT2D eigenvalue weighted by Crippen LogP contribution is 2.23. The predicted octanol–water partition coefficient (Wildman–Crippen LogP) is 4.93. The molecule has 5 nitrogen and oxygen atoms in total. The number of hydrogen-bond acceptors (Lipinski definition) is 3. The molecule has 0 unspecified atom stereocenters. The number of benzene rings is 2. The summed E-state index contributed by atoms with van der Waals surface area (Å²) in [4.78, 5) is 27.1. The molecule has 7 heteroatoms. The zero-order valence-electron chi connectivity index (χ0n) is 18.0. The maximum absolute atomic E-state index is 13.0. The van der Waals surface area contributed by atoms with Crippen LogP contribution in [-0.4, -0.2) is 35.4 Å². The third-order valence-electron chi connectivity index (χ3n) is 4.79. The molecule has 1 atom stereocenters. The SMILES string of the molecule is Cc1ccc(OCC(=O)N(Cc2ccc(Cl)cc2Cl)[C@H](C)C(=O)NC(C)C)cc1C. The molecule has 30 heavy (non-hydrogen) atoms. The summed E-state index contributed by atoms with van der Waals surface area (Å²) in [5, 5.41) is 3.79. The van der Waals surface area contributed by atoms with E-state index in [1.807, 2.05) is 45.9 Å². The summed E-state index contributed by atoms with van der Waals surface area (Å²) < 4.78 is 5.71. The van der Waals surface area contributed by atoms with Crippen molar-refractivity contribution in [3.05, 3.63) is 63.1 Å². The van der Waals surface area contributed by atoms with Crippen LogP contribution in [-0.2, 0) is 16.1 Å². The van der Waals surface area contributed by atoms with Crippen LogP contribution < -0.4 is 10.1 Å². The van der Waals surface area contributed by atoms with Crippen molar-refractivity contribution in [3.8, 4) is 5.75 Å². The number of halogens is 2. The molecule has 1 N–H and O–H groups in total. The Bertz CT molecular complexity index is 915. The van der Waals surface area contributed by atoms with Gasteiger partial charge in [-0.1, -0.05) is 35.3 Å². The highest BCUT2D eigenvalue weighted by Gasteiger charge is 2.27. The van der Waals surface area contributed by atoms with Crippen molar-refractivity contribution in [2.75, 3.05) is 6.61 Å². The van der Waals surface area contributed by atoms with Gasteiger partial charge in [0.25, 0.3) is 5.91 Å². The van der Waals surface area contributed by atoms with E-state index in [4.69, 9.17) is 27.9 Å². The van der Waals surface area contributed by atoms with Gasteiger partial charge in [0.15, 0.2) is 6.61 Å². The second-order valence-corrected chi connectivity index (χ2v) is 8.48. The Kier molecular flexibility index (Phi) is 8.56. The smallest absolute Gasteiger partial charge is 0.261 e. The molecular formula is C23H28Cl2N2O3. The van der Waals surface area contributed by atoms with Gasteiger partial charge >= 0.3 is 0 Å². The number of carbonyl (C=O) groups is 2. The number of nitrogens with zero attached hydrogens (tertiary/aromatic N) is 1. The van der Waals surface area contributed by atoms with E-state index in [2.05, 4.69) is 5.32 Å². The Morgan fingerprint density at radius 3 is 2.33 bits per heavy atom. The van der Waals surface area contributed by atoms with Crippen LogP contribution in [0.5, 0.6) is 5.75 Å². The first-order valence-corrected chi connectivity index (χ1v) is 10.6. The zero-order valence-corrected chi connectivity index (χ0v) is 19.5. The molecule has 0 saturated carbocycles. The first-order chi connectivity index (χ1) is 14.1. The third-order valence-corrected chi connectivity index (χ3v) is 5.38. The quantitative estimate of drug-likeness (QED) is 0.619. The molecule has 0 aliphatic heterocycles. The van der Waals surface area contributed by atoms with E-state index in [9.17, 15) is 9.59 Å². The second kappa shape index (κ2) is 10.7. The summed E-state index contributed by atoms with van der Waals surface area (Å²) in [6, 6.07) is 9.99. The molecule has 2 amide bonds. The maximum atomic E-state index is 13.0. The molecular weight excluding hydrogens is 423 g/mol. The minimum Gasteiger partial charge on any atom is -0.484 e. The fourth-order valence-electron chi connectivity index (χ4n) is 2.85. The fraction of sp³-hybridized carbons (Fsp3) is 0.391. The number of rotatable bonds is 8. The lowest BCUT2D eigenvalue weighted by atomic mass is 10.1. The number of hydrogen-bond donors (Lipinski definition) is 1. The molecule has 162 valence electrons. The van der Waals surface area contributed by atoms with Crippen molar-refractivity contribution in [3.63, 3.8) is 0 Å². The van der Waals surface area contributed by atoms with Gasteiger partial charge in [-0.15, -0.1) is 0 Å². The minimum atomic E-state index is -0.699. The van der Waals surface area contributed by atoms with Crippen molar-refractivity contribution in [2.24, 2.45) is 0 Å². The van der Waals surface area contributed by atoms with Gasteiger partial charge in [-0.3, -0.25) is 9.59 Å². The van der Waals surface area contributed by atoms with E-state index in [1.165, 1.54) is 4.90 Å². The number of amides is 2. The second-order valence-electron chi connectivity index (χ2n) is 7.63. The third kappa shape index (κ3) is 6.64. The van der Waals surface area contributed by atoms with Crippen molar-refractivity contribution in [2.45, 2.75) is 53.2 Å². The van der Waals surface area contributed by atoms with Gasteiger partial charge < -0.3 is 15.0 Å². The Morgan fingerprint density at radius 2 is 1.73 bits per heavy atom. The summed E-state index contributed by atoms with van der Waals surface area (Å²) in [6.45, 7) is 9.40. The largest absolute Gasteiger partial charge is 0.484 e. The lowest BCUT2D eigenvalue weighted by Crippen LogP contribution is -2.50. The van der Waals surface area contributed by atoms with E-state index in [0.29, 0.717) is 21.4 Å². The van der Waals surface area contributed by atoms with Gasteiger partial charge in [0.1, 0.15) is 11.8 Å². The van der Waals surface area contributed by atoms with Crippen molar-refractivity contribution < 1.29 is 14.3 Å². The predicted molar refractivity (Wildman–Crippen MR) is 121 cm³/mol. The van der Waals surface area contributed by atoms with Gasteiger partial charge in [0.05, 0.1) is 0 Å². The average Bonchev–Trinajstić information content (AvgIpc) is 2.67. The molecule has 0 spiro atoms. The number of ether oxygens (including phenoxy) is 1. The van der Waals surface area contributed by atoms with Crippen molar-refractivity contribution in [1.29, 1.82) is 0 Å². The van der Waals surface area contributed by atoms with Crippen LogP contribution in [0.15, 0.2) is 36.4 Å². The van der Waals surface area contributed by atoms with E-state index in [0.717, 1.165) is 11.1 Å². The highest BCUT2D eigenvalue weighted by molar-refractivity contribution is 6.35. The van der Waals surface area contributed by atoms with Crippen LogP contribution in [0.2, 0.25) is 10.0 Å². The van der Waals surface area contributed by atoms with Gasteiger partial charge in [-0.05, 0) is 75.6 Å². The van der Waals surface area contributed by atoms with Crippen LogP contribution in [0.25, 0.3) is 0 Å². The molecule has 0 bridgehead atoms. The highest BCUT2D eigenvalue weighted by atomic mass is 35.5. The average molecular weight is 451 g/mol.